The van der Waals surface area contributed by atoms with Crippen LogP contribution in [0.2, 0.25) is 0 Å². The number of nitrogens with zero attached hydrogens (tertiary/aromatic N) is 2. The molecule has 2 heterocycles. The zero-order valence-electron chi connectivity index (χ0n) is 17.9. The quantitative estimate of drug-likeness (QED) is 0.770. The van der Waals surface area contributed by atoms with Crippen molar-refractivity contribution in [3.63, 3.8) is 0 Å². The summed E-state index contributed by atoms with van der Waals surface area (Å²) in [7, 11) is 0. The van der Waals surface area contributed by atoms with Crippen molar-refractivity contribution in [1.29, 1.82) is 0 Å². The predicted octanol–water partition coefficient (Wildman–Crippen LogP) is 3.78. The first-order valence-corrected chi connectivity index (χ1v) is 11.7. The fourth-order valence-corrected chi connectivity index (χ4v) is 7.22. The SMILES string of the molecule is Cc1nc(N2CCC[C@@H](CC(=O)O)C2)ccc1C(=O)NC12CC3CC(CC(C3)C1)C2. The van der Waals surface area contributed by atoms with E-state index in [1.807, 2.05) is 19.1 Å². The summed E-state index contributed by atoms with van der Waals surface area (Å²) in [4.78, 5) is 31.2. The minimum atomic E-state index is -0.734. The van der Waals surface area contributed by atoms with Gasteiger partial charge in [0.2, 0.25) is 0 Å². The average Bonchev–Trinajstić information content (AvgIpc) is 2.66. The Morgan fingerprint density at radius 2 is 1.83 bits per heavy atom. The van der Waals surface area contributed by atoms with Crippen LogP contribution in [-0.4, -0.2) is 40.6 Å². The van der Waals surface area contributed by atoms with E-state index in [0.717, 1.165) is 74.5 Å². The molecule has 0 spiro atoms. The molecule has 5 aliphatic rings. The highest BCUT2D eigenvalue weighted by Gasteiger charge is 2.51. The van der Waals surface area contributed by atoms with E-state index >= 15 is 0 Å². The van der Waals surface area contributed by atoms with Gasteiger partial charge in [-0.25, -0.2) is 4.98 Å². The molecule has 0 radical (unpaired) electrons. The van der Waals surface area contributed by atoms with Crippen molar-refractivity contribution in [2.45, 2.75) is 70.3 Å². The van der Waals surface area contributed by atoms with Crippen molar-refractivity contribution >= 4 is 17.7 Å². The van der Waals surface area contributed by atoms with Crippen molar-refractivity contribution in [2.24, 2.45) is 23.7 Å². The number of anilines is 1. The second-order valence-corrected chi connectivity index (χ2v) is 10.5. The standard InChI is InChI=1S/C24H33N3O3/c1-15-20(4-5-21(25-15)27-6-2-3-16(14-27)10-22(28)29)23(30)26-24-11-17-7-18(12-24)9-19(8-17)13-24/h4-5,16-19H,2-3,6-14H2,1H3,(H,26,30)(H,28,29)/t16-,17?,18?,19?,24?/m0/s1. The number of pyridine rings is 1. The molecule has 4 saturated carbocycles. The van der Waals surface area contributed by atoms with E-state index < -0.39 is 5.97 Å². The fraction of sp³-hybridized carbons (Fsp3) is 0.708. The molecule has 4 aliphatic carbocycles. The highest BCUT2D eigenvalue weighted by Crippen LogP contribution is 2.55. The largest absolute Gasteiger partial charge is 0.481 e. The maximum atomic E-state index is 13.2. The third-order valence-corrected chi connectivity index (χ3v) is 8.04. The number of hydrogen-bond donors (Lipinski definition) is 2. The predicted molar refractivity (Wildman–Crippen MR) is 115 cm³/mol. The third kappa shape index (κ3) is 3.81. The Morgan fingerprint density at radius 1 is 1.17 bits per heavy atom. The minimum Gasteiger partial charge on any atom is -0.481 e. The summed E-state index contributed by atoms with van der Waals surface area (Å²) in [5.41, 5.74) is 1.44. The Bertz CT molecular complexity index is 817. The molecule has 6 rings (SSSR count). The second-order valence-electron chi connectivity index (χ2n) is 10.5. The summed E-state index contributed by atoms with van der Waals surface area (Å²) in [5, 5.41) is 12.6. The van der Waals surface area contributed by atoms with Gasteiger partial charge >= 0.3 is 5.97 Å². The van der Waals surface area contributed by atoms with Gasteiger partial charge in [0.1, 0.15) is 5.82 Å². The lowest BCUT2D eigenvalue weighted by Crippen LogP contribution is -2.59. The van der Waals surface area contributed by atoms with Gasteiger partial charge in [-0.1, -0.05) is 0 Å². The van der Waals surface area contributed by atoms with Crippen LogP contribution in [0.3, 0.4) is 0 Å². The fourth-order valence-electron chi connectivity index (χ4n) is 7.22. The number of hydrogen-bond acceptors (Lipinski definition) is 4. The lowest BCUT2D eigenvalue weighted by atomic mass is 9.53. The number of rotatable bonds is 5. The lowest BCUT2D eigenvalue weighted by Gasteiger charge is -2.56. The molecule has 1 aromatic heterocycles. The highest BCUT2D eigenvalue weighted by molar-refractivity contribution is 5.96. The molecule has 30 heavy (non-hydrogen) atoms. The number of nitrogens with one attached hydrogen (secondary N) is 1. The number of aromatic nitrogens is 1. The van der Waals surface area contributed by atoms with E-state index in [1.54, 1.807) is 0 Å². The summed E-state index contributed by atoms with van der Waals surface area (Å²) in [6.45, 7) is 3.52. The van der Waals surface area contributed by atoms with Gasteiger partial charge in [-0.15, -0.1) is 0 Å². The van der Waals surface area contributed by atoms with E-state index in [2.05, 4.69) is 10.2 Å². The monoisotopic (exact) mass is 411 g/mol. The Kier molecular flexibility index (Phi) is 4.98. The lowest BCUT2D eigenvalue weighted by molar-refractivity contribution is -0.138. The summed E-state index contributed by atoms with van der Waals surface area (Å²) in [6, 6.07) is 3.85. The molecule has 1 aromatic rings. The van der Waals surface area contributed by atoms with Crippen molar-refractivity contribution in [3.05, 3.63) is 23.4 Å². The minimum absolute atomic E-state index is 0.00781. The van der Waals surface area contributed by atoms with Crippen LogP contribution in [0.5, 0.6) is 0 Å². The molecule has 6 nitrogen and oxygen atoms in total. The number of carbonyl (C=O) groups is 2. The van der Waals surface area contributed by atoms with E-state index in [1.165, 1.54) is 19.3 Å². The van der Waals surface area contributed by atoms with Gasteiger partial charge in [0, 0.05) is 25.0 Å². The summed E-state index contributed by atoms with van der Waals surface area (Å²) in [5.74, 6) is 2.72. The van der Waals surface area contributed by atoms with Crippen LogP contribution in [0.25, 0.3) is 0 Å². The molecule has 0 aromatic carbocycles. The molecule has 1 amide bonds. The normalized spacial score (nSPS) is 34.8. The Balaban J connectivity index is 1.28. The average molecular weight is 412 g/mol. The topological polar surface area (TPSA) is 82.5 Å². The molecule has 5 fully saturated rings. The molecular weight excluding hydrogens is 378 g/mol. The summed E-state index contributed by atoms with van der Waals surface area (Å²) >= 11 is 0. The zero-order valence-corrected chi connectivity index (χ0v) is 17.9. The smallest absolute Gasteiger partial charge is 0.303 e. The molecule has 4 bridgehead atoms. The van der Waals surface area contributed by atoms with Crippen LogP contribution in [0.4, 0.5) is 5.82 Å². The number of aryl methyl sites for hydroxylation is 1. The van der Waals surface area contributed by atoms with E-state index in [4.69, 9.17) is 10.1 Å². The first-order valence-electron chi connectivity index (χ1n) is 11.7. The molecule has 2 N–H and O–H groups in total. The van der Waals surface area contributed by atoms with E-state index in [9.17, 15) is 9.59 Å². The van der Waals surface area contributed by atoms with Crippen molar-refractivity contribution < 1.29 is 14.7 Å². The van der Waals surface area contributed by atoms with Crippen LogP contribution in [0.15, 0.2) is 12.1 Å². The van der Waals surface area contributed by atoms with Crippen molar-refractivity contribution in [2.75, 3.05) is 18.0 Å². The molecule has 0 unspecified atom stereocenters. The number of amides is 1. The van der Waals surface area contributed by atoms with Crippen molar-refractivity contribution in [3.8, 4) is 0 Å². The molecule has 162 valence electrons. The Labute approximate surface area is 178 Å². The molecular formula is C24H33N3O3. The van der Waals surface area contributed by atoms with Gasteiger partial charge in [0.15, 0.2) is 0 Å². The number of carboxylic acid groups (broad SMARTS) is 1. The van der Waals surface area contributed by atoms with Gasteiger partial charge in [-0.2, -0.15) is 0 Å². The van der Waals surface area contributed by atoms with Crippen LogP contribution >= 0.6 is 0 Å². The van der Waals surface area contributed by atoms with Gasteiger partial charge in [0.25, 0.3) is 5.91 Å². The van der Waals surface area contributed by atoms with Gasteiger partial charge in [-0.05, 0) is 94.1 Å². The highest BCUT2D eigenvalue weighted by atomic mass is 16.4. The number of piperidine rings is 1. The van der Waals surface area contributed by atoms with Crippen molar-refractivity contribution in [1.82, 2.24) is 10.3 Å². The first-order chi connectivity index (χ1) is 14.4. The van der Waals surface area contributed by atoms with Gasteiger partial charge in [0.05, 0.1) is 11.3 Å². The van der Waals surface area contributed by atoms with Crippen LogP contribution < -0.4 is 10.2 Å². The molecule has 6 heteroatoms. The van der Waals surface area contributed by atoms with Gasteiger partial charge in [-0.3, -0.25) is 9.59 Å². The third-order valence-electron chi connectivity index (χ3n) is 8.04. The number of carboxylic acids is 1. The van der Waals surface area contributed by atoms with Crippen LogP contribution in [0.1, 0.15) is 73.8 Å². The van der Waals surface area contributed by atoms with E-state index in [-0.39, 0.29) is 23.8 Å². The zero-order chi connectivity index (χ0) is 20.9. The number of carbonyl (C=O) groups excluding carboxylic acids is 1. The first kappa shape index (κ1) is 19.8. The van der Waals surface area contributed by atoms with E-state index in [0.29, 0.717) is 5.56 Å². The van der Waals surface area contributed by atoms with Crippen LogP contribution in [0, 0.1) is 30.6 Å². The number of aliphatic carboxylic acids is 1. The molecule has 1 aliphatic heterocycles. The summed E-state index contributed by atoms with van der Waals surface area (Å²) in [6.07, 6.45) is 9.67. The maximum Gasteiger partial charge on any atom is 0.303 e. The summed E-state index contributed by atoms with van der Waals surface area (Å²) < 4.78 is 0. The van der Waals surface area contributed by atoms with Crippen LogP contribution in [-0.2, 0) is 4.79 Å². The maximum absolute atomic E-state index is 13.2. The molecule has 1 atom stereocenters. The Hall–Kier alpha value is -2.11. The second kappa shape index (κ2) is 7.54. The molecule has 1 saturated heterocycles. The van der Waals surface area contributed by atoms with Gasteiger partial charge < -0.3 is 15.3 Å². The Morgan fingerprint density at radius 3 is 2.43 bits per heavy atom.